The summed E-state index contributed by atoms with van der Waals surface area (Å²) in [4.78, 5) is 56.7. The van der Waals surface area contributed by atoms with Crippen LogP contribution in [0.4, 0.5) is 8.78 Å². The summed E-state index contributed by atoms with van der Waals surface area (Å²) in [5, 5.41) is 12.0. The molecule has 2 N–H and O–H groups in total. The zero-order valence-corrected chi connectivity index (χ0v) is 34.4. The molecule has 6 aromatic rings. The molecule has 2 saturated heterocycles. The summed E-state index contributed by atoms with van der Waals surface area (Å²) in [7, 11) is 2.74. The fourth-order valence-corrected chi connectivity index (χ4v) is 6.66. The molecule has 0 unspecified atom stereocenters. The van der Waals surface area contributed by atoms with Crippen molar-refractivity contribution < 1.29 is 52.0 Å². The van der Waals surface area contributed by atoms with E-state index in [4.69, 9.17) is 19.3 Å². The van der Waals surface area contributed by atoms with Crippen LogP contribution in [-0.2, 0) is 19.1 Å². The number of methoxy groups -OCH3 is 2. The second-order valence-corrected chi connectivity index (χ2v) is 14.1. The van der Waals surface area contributed by atoms with Gasteiger partial charge < -0.3 is 34.3 Å². The van der Waals surface area contributed by atoms with Gasteiger partial charge in [-0.2, -0.15) is 0 Å². The maximum atomic E-state index is 13.0. The van der Waals surface area contributed by atoms with Crippen molar-refractivity contribution in [2.24, 2.45) is 0 Å². The number of carboxylic acid groups (broad SMARTS) is 1. The summed E-state index contributed by atoms with van der Waals surface area (Å²) in [6, 6.07) is 35.3. The molecule has 4 aromatic carbocycles. The predicted molar refractivity (Wildman–Crippen MR) is 228 cm³/mol. The van der Waals surface area contributed by atoms with Crippen LogP contribution in [0.15, 0.2) is 133 Å². The monoisotopic (exact) mass is 858 g/mol. The molecule has 4 heterocycles. The van der Waals surface area contributed by atoms with Crippen LogP contribution in [0.5, 0.6) is 23.0 Å². The number of carboxylic acids is 1. The summed E-state index contributed by atoms with van der Waals surface area (Å²) in [5.74, 6) is -0.279. The lowest BCUT2D eigenvalue weighted by Gasteiger charge is -2.22. The van der Waals surface area contributed by atoms with Gasteiger partial charge in [-0.15, -0.1) is 0 Å². The number of ether oxygens (including phenoxy) is 4. The van der Waals surface area contributed by atoms with Crippen molar-refractivity contribution in [3.05, 3.63) is 156 Å². The Morgan fingerprint density at radius 1 is 0.603 bits per heavy atom. The topological polar surface area (TPSA) is 166 Å². The smallest absolute Gasteiger partial charge is 0.354 e. The maximum absolute atomic E-state index is 13.0. The van der Waals surface area contributed by atoms with Gasteiger partial charge in [0.25, 0.3) is 5.91 Å². The highest BCUT2D eigenvalue weighted by atomic mass is 19.1. The molecule has 2 atom stereocenters. The number of nitrogens with zero attached hydrogens (tertiary/aromatic N) is 3. The Balaban J connectivity index is 0.000000180. The first-order valence-electron chi connectivity index (χ1n) is 20.0. The molecule has 0 bridgehead atoms. The van der Waals surface area contributed by atoms with Crippen LogP contribution in [0.2, 0.25) is 0 Å². The van der Waals surface area contributed by atoms with Crippen molar-refractivity contribution in [1.29, 1.82) is 0 Å². The SMILES string of the molecule is COC(=O)[C@@H]1CCCN1.COC(=O)[C@@H]1CCCN1C(=O)c1cccc(-c2ccc(Oc3ccc(F)cc3)cc2)n1.O=C(O)c1cccc(-c2ccc(Oc3ccc(F)cc3)cc2)n1. The average Bonchev–Trinajstić information content (AvgIpc) is 4.05. The number of carbonyl (C=O) groups excluding carboxylic acids is 3. The molecule has 13 nitrogen and oxygen atoms in total. The van der Waals surface area contributed by atoms with Crippen LogP contribution in [0.25, 0.3) is 22.5 Å². The molecule has 63 heavy (non-hydrogen) atoms. The highest BCUT2D eigenvalue weighted by Crippen LogP contribution is 2.28. The fourth-order valence-electron chi connectivity index (χ4n) is 6.66. The number of rotatable bonds is 10. The number of nitrogens with one attached hydrogen (secondary N) is 1. The zero-order chi connectivity index (χ0) is 44.7. The number of benzene rings is 4. The number of amides is 1. The van der Waals surface area contributed by atoms with Gasteiger partial charge in [-0.25, -0.2) is 28.3 Å². The van der Waals surface area contributed by atoms with Gasteiger partial charge >= 0.3 is 17.9 Å². The number of esters is 2. The highest BCUT2D eigenvalue weighted by Gasteiger charge is 2.35. The van der Waals surface area contributed by atoms with Gasteiger partial charge in [-0.1, -0.05) is 12.1 Å². The van der Waals surface area contributed by atoms with E-state index in [-0.39, 0.29) is 40.9 Å². The quantitative estimate of drug-likeness (QED) is 0.126. The Labute approximate surface area is 362 Å². The molecule has 8 rings (SSSR count). The summed E-state index contributed by atoms with van der Waals surface area (Å²) in [6.45, 7) is 1.44. The number of aromatic nitrogens is 2. The Bertz CT molecular complexity index is 2480. The molecule has 2 aliphatic rings. The molecule has 0 saturated carbocycles. The number of pyridine rings is 2. The third kappa shape index (κ3) is 12.5. The van der Waals surface area contributed by atoms with E-state index >= 15 is 0 Å². The zero-order valence-electron chi connectivity index (χ0n) is 34.4. The number of halogens is 2. The van der Waals surface area contributed by atoms with Crippen molar-refractivity contribution in [3.63, 3.8) is 0 Å². The minimum absolute atomic E-state index is 0.00543. The average molecular weight is 859 g/mol. The van der Waals surface area contributed by atoms with E-state index in [9.17, 15) is 28.0 Å². The molecule has 2 aromatic heterocycles. The summed E-state index contributed by atoms with van der Waals surface area (Å²) in [6.07, 6.45) is 3.35. The van der Waals surface area contributed by atoms with Crippen LogP contribution >= 0.6 is 0 Å². The number of hydrogen-bond donors (Lipinski definition) is 2. The molecular formula is C48H44F2N4O9. The Morgan fingerprint density at radius 3 is 1.51 bits per heavy atom. The molecular weight excluding hydrogens is 815 g/mol. The predicted octanol–water partition coefficient (Wildman–Crippen LogP) is 8.75. The van der Waals surface area contributed by atoms with Crippen molar-refractivity contribution in [2.75, 3.05) is 27.3 Å². The molecule has 2 aliphatic heterocycles. The first-order valence-corrected chi connectivity index (χ1v) is 20.0. The van der Waals surface area contributed by atoms with E-state index in [2.05, 4.69) is 20.0 Å². The van der Waals surface area contributed by atoms with E-state index in [0.717, 1.165) is 36.9 Å². The van der Waals surface area contributed by atoms with Gasteiger partial charge in [-0.05, 0) is 154 Å². The second kappa shape index (κ2) is 21.8. The lowest BCUT2D eigenvalue weighted by molar-refractivity contribution is -0.145. The molecule has 2 fully saturated rings. The van der Waals surface area contributed by atoms with Crippen LogP contribution in [0.1, 0.15) is 46.7 Å². The largest absolute Gasteiger partial charge is 0.477 e. The second-order valence-electron chi connectivity index (χ2n) is 14.1. The molecule has 0 radical (unpaired) electrons. The first kappa shape index (κ1) is 45.0. The molecule has 0 spiro atoms. The van der Waals surface area contributed by atoms with E-state index in [1.807, 2.05) is 18.2 Å². The van der Waals surface area contributed by atoms with Crippen molar-refractivity contribution in [1.82, 2.24) is 20.2 Å². The lowest BCUT2D eigenvalue weighted by atomic mass is 10.1. The van der Waals surface area contributed by atoms with E-state index < -0.39 is 18.0 Å². The Hall–Kier alpha value is -7.52. The van der Waals surface area contributed by atoms with Gasteiger partial charge in [-0.3, -0.25) is 9.59 Å². The van der Waals surface area contributed by atoms with Gasteiger partial charge in [0.05, 0.1) is 25.6 Å². The molecule has 1 amide bonds. The van der Waals surface area contributed by atoms with Crippen LogP contribution in [-0.4, -0.2) is 83.2 Å². The number of aromatic carboxylic acids is 1. The van der Waals surface area contributed by atoms with E-state index in [0.29, 0.717) is 47.4 Å². The molecule has 0 aliphatic carbocycles. The lowest BCUT2D eigenvalue weighted by Crippen LogP contribution is -2.41. The number of hydrogen-bond acceptors (Lipinski definition) is 11. The van der Waals surface area contributed by atoms with Gasteiger partial charge in [0, 0.05) is 17.7 Å². The summed E-state index contributed by atoms with van der Waals surface area (Å²) in [5.41, 5.74) is 3.06. The number of likely N-dealkylation sites (tertiary alicyclic amines) is 1. The van der Waals surface area contributed by atoms with Crippen molar-refractivity contribution >= 4 is 23.8 Å². The normalized spacial score (nSPS) is 15.1. The first-order chi connectivity index (χ1) is 30.5. The minimum Gasteiger partial charge on any atom is -0.477 e. The molecule has 15 heteroatoms. The standard InChI is InChI=1S/C24H21FN2O4.C18H12FNO3.C6H11NO2/c1-30-24(29)22-6-3-15-27(22)23(28)21-5-2-4-20(26-21)16-7-11-18(12-8-16)31-19-13-9-17(25)10-14-19;19-13-6-10-15(11-7-13)23-14-8-4-12(5-9-14)16-2-1-3-17(20-16)18(21)22;1-9-6(8)5-3-2-4-7-5/h2,4-5,7-14,22H,3,6,15H2,1H3;1-11H,(H,21,22);5,7H,2-4H2,1H3/t22-;;5-/m0.0/s1. The van der Waals surface area contributed by atoms with Crippen LogP contribution in [0.3, 0.4) is 0 Å². The van der Waals surface area contributed by atoms with Gasteiger partial charge in [0.15, 0.2) is 0 Å². The van der Waals surface area contributed by atoms with Crippen LogP contribution < -0.4 is 14.8 Å². The Kier molecular flexibility index (Phi) is 15.6. The highest BCUT2D eigenvalue weighted by molar-refractivity contribution is 5.96. The number of carbonyl (C=O) groups is 4. The third-order valence-corrected chi connectivity index (χ3v) is 9.87. The van der Waals surface area contributed by atoms with E-state index in [1.165, 1.54) is 49.5 Å². The van der Waals surface area contributed by atoms with Crippen molar-refractivity contribution in [2.45, 2.75) is 37.8 Å². The maximum Gasteiger partial charge on any atom is 0.354 e. The fraction of sp³-hybridized carbons (Fsp3) is 0.208. The summed E-state index contributed by atoms with van der Waals surface area (Å²) < 4.78 is 46.5. The van der Waals surface area contributed by atoms with Gasteiger partial charge in [0.1, 0.15) is 58.1 Å². The van der Waals surface area contributed by atoms with E-state index in [1.54, 1.807) is 84.9 Å². The third-order valence-electron chi connectivity index (χ3n) is 9.87. The van der Waals surface area contributed by atoms with Crippen molar-refractivity contribution in [3.8, 4) is 45.5 Å². The minimum atomic E-state index is -1.07. The Morgan fingerprint density at radius 2 is 1.06 bits per heavy atom. The van der Waals surface area contributed by atoms with Crippen LogP contribution in [0, 0.1) is 11.6 Å². The molecule has 324 valence electrons. The van der Waals surface area contributed by atoms with Gasteiger partial charge in [0.2, 0.25) is 0 Å². The summed E-state index contributed by atoms with van der Waals surface area (Å²) >= 11 is 0.